The van der Waals surface area contributed by atoms with Crippen molar-refractivity contribution in [3.63, 3.8) is 0 Å². The van der Waals surface area contributed by atoms with Crippen molar-refractivity contribution in [2.24, 2.45) is 0 Å². The smallest absolute Gasteiger partial charge is 0.226 e. The number of anilines is 3. The number of nitrogens with zero attached hydrogens (tertiary/aromatic N) is 3. The summed E-state index contributed by atoms with van der Waals surface area (Å²) in [6.07, 6.45) is 2.76. The molecule has 1 aliphatic rings. The van der Waals surface area contributed by atoms with Crippen LogP contribution in [0.15, 0.2) is 42.5 Å². The molecule has 1 unspecified atom stereocenters. The molecule has 1 aromatic heterocycles. The Morgan fingerprint density at radius 3 is 2.81 bits per heavy atom. The monoisotopic (exact) mass is 349 g/mol. The lowest BCUT2D eigenvalue weighted by Gasteiger charge is -2.19. The Hall–Kier alpha value is -3.07. The van der Waals surface area contributed by atoms with Crippen molar-refractivity contribution < 1.29 is 4.79 Å². The molecular formula is C20H23N5O. The predicted octanol–water partition coefficient (Wildman–Crippen LogP) is 3.38. The first-order valence-electron chi connectivity index (χ1n) is 8.92. The molecule has 134 valence electrons. The topological polar surface area (TPSA) is 81.0 Å². The highest BCUT2D eigenvalue weighted by Gasteiger charge is 2.14. The largest absolute Gasteiger partial charge is 0.371 e. The second-order valence-corrected chi connectivity index (χ2v) is 6.56. The molecule has 2 heterocycles. The molecule has 1 fully saturated rings. The Morgan fingerprint density at radius 2 is 2.04 bits per heavy atom. The highest BCUT2D eigenvalue weighted by molar-refractivity contribution is 5.91. The van der Waals surface area contributed by atoms with E-state index in [4.69, 9.17) is 5.26 Å². The van der Waals surface area contributed by atoms with E-state index in [1.807, 2.05) is 31.2 Å². The number of nitriles is 1. The van der Waals surface area contributed by atoms with Crippen molar-refractivity contribution in [3.8, 4) is 6.07 Å². The van der Waals surface area contributed by atoms with Crippen LogP contribution in [-0.2, 0) is 4.79 Å². The summed E-state index contributed by atoms with van der Waals surface area (Å²) in [6.45, 7) is 4.07. The molecule has 1 aromatic carbocycles. The highest BCUT2D eigenvalue weighted by Crippen LogP contribution is 2.23. The van der Waals surface area contributed by atoms with Gasteiger partial charge in [-0.25, -0.2) is 4.98 Å². The second kappa shape index (κ2) is 8.34. The van der Waals surface area contributed by atoms with Crippen LogP contribution in [0.4, 0.5) is 17.2 Å². The van der Waals surface area contributed by atoms with E-state index in [2.05, 4.69) is 26.6 Å². The Kier molecular flexibility index (Phi) is 5.69. The predicted molar refractivity (Wildman–Crippen MR) is 103 cm³/mol. The summed E-state index contributed by atoms with van der Waals surface area (Å²) in [5, 5.41) is 15.0. The van der Waals surface area contributed by atoms with Gasteiger partial charge in [0, 0.05) is 36.9 Å². The maximum atomic E-state index is 12.3. The van der Waals surface area contributed by atoms with E-state index in [0.717, 1.165) is 24.5 Å². The first-order chi connectivity index (χ1) is 12.6. The molecular weight excluding hydrogens is 326 g/mol. The van der Waals surface area contributed by atoms with Crippen LogP contribution in [0.1, 0.15) is 31.9 Å². The van der Waals surface area contributed by atoms with E-state index >= 15 is 0 Å². The molecule has 26 heavy (non-hydrogen) atoms. The van der Waals surface area contributed by atoms with Gasteiger partial charge < -0.3 is 15.5 Å². The zero-order valence-electron chi connectivity index (χ0n) is 14.9. The van der Waals surface area contributed by atoms with E-state index in [1.165, 1.54) is 12.8 Å². The zero-order chi connectivity index (χ0) is 18.4. The molecule has 2 N–H and O–H groups in total. The van der Waals surface area contributed by atoms with Gasteiger partial charge >= 0.3 is 0 Å². The Bertz CT molecular complexity index is 808. The van der Waals surface area contributed by atoms with E-state index in [1.54, 1.807) is 18.2 Å². The van der Waals surface area contributed by atoms with Crippen molar-refractivity contribution in [1.29, 1.82) is 5.26 Å². The summed E-state index contributed by atoms with van der Waals surface area (Å²) in [7, 11) is 0. The molecule has 1 saturated heterocycles. The number of hydrogen-bond donors (Lipinski definition) is 2. The molecule has 6 heteroatoms. The van der Waals surface area contributed by atoms with Crippen molar-refractivity contribution >= 4 is 23.1 Å². The Morgan fingerprint density at radius 1 is 1.27 bits per heavy atom. The molecule has 3 rings (SSSR count). The van der Waals surface area contributed by atoms with Crippen LogP contribution in [0.25, 0.3) is 0 Å². The minimum absolute atomic E-state index is 0.0555. The van der Waals surface area contributed by atoms with E-state index in [0.29, 0.717) is 17.9 Å². The lowest BCUT2D eigenvalue weighted by atomic mass is 10.2. The van der Waals surface area contributed by atoms with Crippen molar-refractivity contribution in [1.82, 2.24) is 4.98 Å². The molecule has 0 spiro atoms. The van der Waals surface area contributed by atoms with Gasteiger partial charge in [0.25, 0.3) is 0 Å². The SMILES string of the molecule is CC(CC(=O)Nc1cccc(N2CCCC2)c1)Nc1cccc(C#N)n1. The van der Waals surface area contributed by atoms with Crippen molar-refractivity contribution in [3.05, 3.63) is 48.2 Å². The lowest BCUT2D eigenvalue weighted by Crippen LogP contribution is -2.24. The number of aromatic nitrogens is 1. The molecule has 0 bridgehead atoms. The molecule has 2 aromatic rings. The van der Waals surface area contributed by atoms with Gasteiger partial charge in [-0.1, -0.05) is 12.1 Å². The molecule has 1 atom stereocenters. The molecule has 1 aliphatic heterocycles. The highest BCUT2D eigenvalue weighted by atomic mass is 16.1. The molecule has 0 saturated carbocycles. The van der Waals surface area contributed by atoms with Gasteiger partial charge in [-0.3, -0.25) is 4.79 Å². The van der Waals surface area contributed by atoms with Crippen LogP contribution in [0, 0.1) is 11.3 Å². The molecule has 1 amide bonds. The van der Waals surface area contributed by atoms with Crippen LogP contribution in [0.2, 0.25) is 0 Å². The zero-order valence-corrected chi connectivity index (χ0v) is 14.9. The van der Waals surface area contributed by atoms with E-state index in [9.17, 15) is 4.79 Å². The number of carbonyl (C=O) groups is 1. The summed E-state index contributed by atoms with van der Waals surface area (Å²) in [4.78, 5) is 18.8. The summed E-state index contributed by atoms with van der Waals surface area (Å²) in [6, 6.07) is 15.1. The Labute approximate surface area is 153 Å². The number of pyridine rings is 1. The van der Waals surface area contributed by atoms with Gasteiger partial charge in [-0.2, -0.15) is 5.26 Å². The number of hydrogen-bond acceptors (Lipinski definition) is 5. The third-order valence-corrected chi connectivity index (χ3v) is 4.35. The number of nitrogens with one attached hydrogen (secondary N) is 2. The lowest BCUT2D eigenvalue weighted by molar-refractivity contribution is -0.116. The fourth-order valence-electron chi connectivity index (χ4n) is 3.13. The van der Waals surface area contributed by atoms with Crippen LogP contribution in [-0.4, -0.2) is 30.0 Å². The third-order valence-electron chi connectivity index (χ3n) is 4.35. The van der Waals surface area contributed by atoms with Gasteiger partial charge in [0.2, 0.25) is 5.91 Å². The number of rotatable bonds is 6. The molecule has 0 radical (unpaired) electrons. The second-order valence-electron chi connectivity index (χ2n) is 6.56. The third kappa shape index (κ3) is 4.73. The number of carbonyl (C=O) groups excluding carboxylic acids is 1. The van der Waals surface area contributed by atoms with Gasteiger partial charge in [0.15, 0.2) is 0 Å². The van der Waals surface area contributed by atoms with Crippen LogP contribution in [0.3, 0.4) is 0 Å². The molecule has 0 aliphatic carbocycles. The first-order valence-corrected chi connectivity index (χ1v) is 8.92. The Balaban J connectivity index is 1.54. The maximum Gasteiger partial charge on any atom is 0.226 e. The average Bonchev–Trinajstić information content (AvgIpc) is 3.16. The summed E-state index contributed by atoms with van der Waals surface area (Å²) in [5.41, 5.74) is 2.32. The van der Waals surface area contributed by atoms with Gasteiger partial charge in [-0.05, 0) is 50.1 Å². The van der Waals surface area contributed by atoms with Gasteiger partial charge in [-0.15, -0.1) is 0 Å². The van der Waals surface area contributed by atoms with E-state index in [-0.39, 0.29) is 11.9 Å². The molecule has 6 nitrogen and oxygen atoms in total. The fourth-order valence-corrected chi connectivity index (χ4v) is 3.13. The van der Waals surface area contributed by atoms with Gasteiger partial charge in [0.1, 0.15) is 17.6 Å². The van der Waals surface area contributed by atoms with Crippen LogP contribution >= 0.6 is 0 Å². The van der Waals surface area contributed by atoms with Gasteiger partial charge in [0.05, 0.1) is 0 Å². The fraction of sp³-hybridized carbons (Fsp3) is 0.350. The standard InChI is InChI=1S/C20H23N5O/c1-15(22-19-9-5-7-17(14-21)23-19)12-20(26)24-16-6-4-8-18(13-16)25-10-2-3-11-25/h4-9,13,15H,2-3,10-12H2,1H3,(H,22,23)(H,24,26). The number of amides is 1. The van der Waals surface area contributed by atoms with Crippen molar-refractivity contribution in [2.45, 2.75) is 32.2 Å². The first kappa shape index (κ1) is 17.7. The average molecular weight is 349 g/mol. The summed E-state index contributed by atoms with van der Waals surface area (Å²) < 4.78 is 0. The quantitative estimate of drug-likeness (QED) is 0.835. The summed E-state index contributed by atoms with van der Waals surface area (Å²) in [5.74, 6) is 0.542. The minimum Gasteiger partial charge on any atom is -0.371 e. The van der Waals surface area contributed by atoms with Crippen LogP contribution in [0.5, 0.6) is 0 Å². The number of benzene rings is 1. The minimum atomic E-state index is -0.0989. The summed E-state index contributed by atoms with van der Waals surface area (Å²) >= 11 is 0. The normalized spacial score (nSPS) is 14.5. The van der Waals surface area contributed by atoms with E-state index < -0.39 is 0 Å². The van der Waals surface area contributed by atoms with Crippen molar-refractivity contribution in [2.75, 3.05) is 28.6 Å². The maximum absolute atomic E-state index is 12.3. The van der Waals surface area contributed by atoms with Crippen LogP contribution < -0.4 is 15.5 Å².